The van der Waals surface area contributed by atoms with Crippen LogP contribution in [0.2, 0.25) is 0 Å². The van der Waals surface area contributed by atoms with E-state index >= 15 is 0 Å². The number of ether oxygens (including phenoxy) is 2. The van der Waals surface area contributed by atoms with Gasteiger partial charge >= 0.3 is 18.0 Å². The van der Waals surface area contributed by atoms with Gasteiger partial charge in [-0.05, 0) is 51.0 Å². The van der Waals surface area contributed by atoms with Crippen molar-refractivity contribution in [2.24, 2.45) is 10.7 Å². The third-order valence-corrected chi connectivity index (χ3v) is 5.40. The molecule has 0 unspecified atom stereocenters. The SMILES string of the molecule is CCNC(=O)c1ccc(C)c(N=C([NH+]=CN)c2[nH]cc(C(=O)N(CC)C(=O)OCOC(=O)/C=C/C(=O)O)c2C)c1. The van der Waals surface area contributed by atoms with Gasteiger partial charge in [-0.15, -0.1) is 4.99 Å². The lowest BCUT2D eigenvalue weighted by atomic mass is 10.1. The van der Waals surface area contributed by atoms with Gasteiger partial charge in [-0.1, -0.05) is 6.07 Å². The third-order valence-electron chi connectivity index (χ3n) is 5.40. The fourth-order valence-electron chi connectivity index (χ4n) is 3.36. The second-order valence-electron chi connectivity index (χ2n) is 8.05. The molecule has 0 aliphatic heterocycles. The highest BCUT2D eigenvalue weighted by molar-refractivity contribution is 6.06. The predicted octanol–water partition coefficient (Wildman–Crippen LogP) is 0.267. The summed E-state index contributed by atoms with van der Waals surface area (Å²) in [6.45, 7) is 6.40. The number of hydrogen-bond donors (Lipinski definition) is 5. The zero-order chi connectivity index (χ0) is 29.8. The van der Waals surface area contributed by atoms with Gasteiger partial charge in [-0.3, -0.25) is 9.59 Å². The zero-order valence-electron chi connectivity index (χ0n) is 22.4. The molecule has 2 aromatic rings. The van der Waals surface area contributed by atoms with E-state index < -0.39 is 30.7 Å². The monoisotopic (exact) mass is 555 g/mol. The second-order valence-corrected chi connectivity index (χ2v) is 8.05. The number of nitrogens with two attached hydrogens (primary N) is 1. The molecule has 0 saturated heterocycles. The van der Waals surface area contributed by atoms with Gasteiger partial charge in [-0.2, -0.15) is 0 Å². The fourth-order valence-corrected chi connectivity index (χ4v) is 3.36. The number of carboxylic acids is 1. The Labute approximate surface area is 229 Å². The summed E-state index contributed by atoms with van der Waals surface area (Å²) in [6.07, 6.45) is 2.68. The van der Waals surface area contributed by atoms with Crippen molar-refractivity contribution in [2.45, 2.75) is 27.7 Å². The number of nitrogens with one attached hydrogen (secondary N) is 3. The van der Waals surface area contributed by atoms with Gasteiger partial charge in [0.1, 0.15) is 11.4 Å². The number of hydrogen-bond acceptors (Lipinski definition) is 8. The fraction of sp³-hybridized carbons (Fsp3) is 0.269. The van der Waals surface area contributed by atoms with E-state index in [-0.39, 0.29) is 23.9 Å². The number of imide groups is 1. The van der Waals surface area contributed by atoms with Crippen molar-refractivity contribution < 1.29 is 43.5 Å². The number of aromatic nitrogens is 1. The van der Waals surface area contributed by atoms with Crippen LogP contribution in [0, 0.1) is 13.8 Å². The van der Waals surface area contributed by atoms with Crippen LogP contribution in [0.4, 0.5) is 10.5 Å². The second kappa shape index (κ2) is 14.6. The van der Waals surface area contributed by atoms with Crippen molar-refractivity contribution in [3.63, 3.8) is 0 Å². The Balaban J connectivity index is 2.29. The first-order valence-corrected chi connectivity index (χ1v) is 12.1. The summed E-state index contributed by atoms with van der Waals surface area (Å²) in [5.74, 6) is -3.09. The van der Waals surface area contributed by atoms with Crippen LogP contribution in [-0.2, 0) is 19.1 Å². The van der Waals surface area contributed by atoms with Gasteiger partial charge in [0.2, 0.25) is 6.79 Å². The van der Waals surface area contributed by atoms with Crippen molar-refractivity contribution in [1.29, 1.82) is 0 Å². The van der Waals surface area contributed by atoms with Crippen molar-refractivity contribution in [3.05, 3.63) is 64.5 Å². The molecule has 1 aromatic heterocycles. The van der Waals surface area contributed by atoms with E-state index in [4.69, 9.17) is 15.6 Å². The minimum absolute atomic E-state index is 0.0634. The Morgan fingerprint density at radius 3 is 2.50 bits per heavy atom. The quantitative estimate of drug-likeness (QED) is 0.0895. The maximum atomic E-state index is 13.2. The molecule has 0 aliphatic rings. The van der Waals surface area contributed by atoms with Crippen LogP contribution in [0.5, 0.6) is 0 Å². The maximum absolute atomic E-state index is 13.2. The van der Waals surface area contributed by atoms with E-state index in [0.717, 1.165) is 16.8 Å². The van der Waals surface area contributed by atoms with Crippen LogP contribution in [0.1, 0.15) is 51.4 Å². The lowest BCUT2D eigenvalue weighted by Crippen LogP contribution is -2.75. The van der Waals surface area contributed by atoms with Crippen molar-refractivity contribution in [2.75, 3.05) is 19.9 Å². The number of aromatic amines is 1. The molecule has 212 valence electrons. The van der Waals surface area contributed by atoms with Crippen LogP contribution in [0.3, 0.4) is 0 Å². The summed E-state index contributed by atoms with van der Waals surface area (Å²) >= 11 is 0. The number of esters is 1. The number of aliphatic imine (C=N–C) groups is 1. The molecule has 0 bridgehead atoms. The Bertz CT molecular complexity index is 1380. The first kappa shape index (κ1) is 31.0. The lowest BCUT2D eigenvalue weighted by molar-refractivity contribution is -0.309. The molecule has 0 saturated carbocycles. The Morgan fingerprint density at radius 1 is 1.15 bits per heavy atom. The van der Waals surface area contributed by atoms with E-state index in [1.165, 1.54) is 6.20 Å². The largest absolute Gasteiger partial charge is 0.478 e. The summed E-state index contributed by atoms with van der Waals surface area (Å²) < 4.78 is 9.42. The molecule has 0 radical (unpaired) electrons. The molecule has 3 amide bonds. The molecule has 1 aromatic carbocycles. The zero-order valence-corrected chi connectivity index (χ0v) is 22.4. The van der Waals surface area contributed by atoms with Gasteiger partial charge in [0, 0.05) is 37.0 Å². The average molecular weight is 556 g/mol. The molecular formula is C26H31N6O8+. The van der Waals surface area contributed by atoms with E-state index in [1.54, 1.807) is 32.0 Å². The van der Waals surface area contributed by atoms with E-state index in [0.29, 0.717) is 41.2 Å². The standard InChI is InChI=1S/C26H30N6O8/c1-5-28-24(36)17-8-7-15(3)19(11-17)31-23(30-13-27)22-16(4)18(12-29-22)25(37)32(6-2)26(38)40-14-39-21(35)10-9-20(33)34/h7-13,29H,5-6,14H2,1-4H3,(H,28,36)(H,33,34)(H2,27,30,31)/p+1/b10-9+. The number of amides is 3. The van der Waals surface area contributed by atoms with Crippen molar-refractivity contribution in [3.8, 4) is 0 Å². The number of carbonyl (C=O) groups is 5. The normalized spacial score (nSPS) is 11.4. The van der Waals surface area contributed by atoms with Crippen LogP contribution in [0.25, 0.3) is 0 Å². The van der Waals surface area contributed by atoms with Crippen LogP contribution >= 0.6 is 0 Å². The smallest absolute Gasteiger partial charge is 0.419 e. The molecule has 0 atom stereocenters. The molecule has 0 fully saturated rings. The number of nitrogens with zero attached hydrogens (tertiary/aromatic N) is 2. The number of amidine groups is 1. The van der Waals surface area contributed by atoms with Crippen LogP contribution in [-0.4, -0.2) is 76.9 Å². The van der Waals surface area contributed by atoms with E-state index in [9.17, 15) is 24.0 Å². The minimum atomic E-state index is -1.35. The Morgan fingerprint density at radius 2 is 1.88 bits per heavy atom. The molecule has 0 spiro atoms. The Hall–Kier alpha value is -5.27. The number of benzene rings is 1. The summed E-state index contributed by atoms with van der Waals surface area (Å²) in [5.41, 5.74) is 8.26. The van der Waals surface area contributed by atoms with E-state index in [1.807, 2.05) is 13.8 Å². The molecule has 14 heteroatoms. The average Bonchev–Trinajstić information content (AvgIpc) is 3.29. The van der Waals surface area contributed by atoms with E-state index in [2.05, 4.69) is 25.0 Å². The predicted molar refractivity (Wildman–Crippen MR) is 143 cm³/mol. The molecule has 14 nitrogen and oxygen atoms in total. The van der Waals surface area contributed by atoms with Gasteiger partial charge in [0.25, 0.3) is 17.6 Å². The molecular weight excluding hydrogens is 524 g/mol. The summed E-state index contributed by atoms with van der Waals surface area (Å²) in [7, 11) is 0. The maximum Gasteiger partial charge on any atom is 0.419 e. The highest BCUT2D eigenvalue weighted by atomic mass is 16.7. The lowest BCUT2D eigenvalue weighted by Gasteiger charge is -2.18. The third kappa shape index (κ3) is 8.11. The number of H-pyrrole nitrogens is 1. The number of rotatable bonds is 10. The van der Waals surface area contributed by atoms with Gasteiger partial charge in [0.05, 0.1) is 5.56 Å². The van der Waals surface area contributed by atoms with Crippen molar-refractivity contribution in [1.82, 2.24) is 15.2 Å². The minimum Gasteiger partial charge on any atom is -0.478 e. The first-order chi connectivity index (χ1) is 19.0. The number of carboxylic acid groups (broad SMARTS) is 1. The van der Waals surface area contributed by atoms with Crippen molar-refractivity contribution >= 4 is 47.7 Å². The molecule has 1 heterocycles. The highest BCUT2D eigenvalue weighted by Gasteiger charge is 2.28. The summed E-state index contributed by atoms with van der Waals surface area (Å²) in [6, 6.07) is 5.07. The Kier molecular flexibility index (Phi) is 11.3. The number of aryl methyl sites for hydroxylation is 1. The molecule has 40 heavy (non-hydrogen) atoms. The number of aliphatic carboxylic acids is 1. The van der Waals surface area contributed by atoms with Gasteiger partial charge < -0.3 is 30.6 Å². The first-order valence-electron chi connectivity index (χ1n) is 12.1. The highest BCUT2D eigenvalue weighted by Crippen LogP contribution is 2.22. The molecule has 0 aliphatic carbocycles. The van der Waals surface area contributed by atoms with Gasteiger partial charge in [-0.25, -0.2) is 24.3 Å². The topological polar surface area (TPSA) is 207 Å². The van der Waals surface area contributed by atoms with Crippen LogP contribution < -0.4 is 16.0 Å². The summed E-state index contributed by atoms with van der Waals surface area (Å²) in [5, 5.41) is 11.2. The molecule has 2 rings (SSSR count). The summed E-state index contributed by atoms with van der Waals surface area (Å²) in [4.78, 5) is 71.0. The van der Waals surface area contributed by atoms with Crippen LogP contribution in [0.15, 0.2) is 41.5 Å². The molecule has 6 N–H and O–H groups in total. The number of carbonyl (C=O) groups excluding carboxylic acids is 4. The van der Waals surface area contributed by atoms with Gasteiger partial charge in [0.15, 0.2) is 6.34 Å².